The van der Waals surface area contributed by atoms with Gasteiger partial charge in [-0.3, -0.25) is 4.79 Å². The van der Waals surface area contributed by atoms with E-state index in [1.807, 2.05) is 44.2 Å². The van der Waals surface area contributed by atoms with Gasteiger partial charge in [0.1, 0.15) is 0 Å². The molecule has 0 saturated heterocycles. The number of rotatable bonds is 4. The zero-order chi connectivity index (χ0) is 21.3. The third kappa shape index (κ3) is 4.08. The van der Waals surface area contributed by atoms with Crippen LogP contribution in [0.5, 0.6) is 0 Å². The van der Waals surface area contributed by atoms with Crippen LogP contribution in [0.4, 0.5) is 5.69 Å². The van der Waals surface area contributed by atoms with Gasteiger partial charge in [-0.2, -0.15) is 0 Å². The summed E-state index contributed by atoms with van der Waals surface area (Å²) in [5.74, 6) is 0.189. The van der Waals surface area contributed by atoms with Gasteiger partial charge in [-0.25, -0.2) is 9.67 Å². The predicted octanol–water partition coefficient (Wildman–Crippen LogP) is 6.11. The summed E-state index contributed by atoms with van der Waals surface area (Å²) in [6.07, 6.45) is 0. The molecule has 4 rings (SSSR count). The van der Waals surface area contributed by atoms with Crippen LogP contribution >= 0.6 is 23.2 Å². The molecule has 150 valence electrons. The van der Waals surface area contributed by atoms with Crippen molar-refractivity contribution in [1.82, 2.24) is 14.8 Å². The molecule has 0 radical (unpaired) electrons. The number of benzene rings is 3. The SMILES string of the molecule is Cc1cccc(-n2nc(C(=O)Nc3cccc(Cl)c3)nc2-c2ccc(Cl)cc2)c1C. The number of hydrogen-bond acceptors (Lipinski definition) is 3. The predicted molar refractivity (Wildman–Crippen MR) is 121 cm³/mol. The first kappa shape index (κ1) is 20.1. The van der Waals surface area contributed by atoms with Gasteiger partial charge < -0.3 is 5.32 Å². The van der Waals surface area contributed by atoms with Crippen LogP contribution < -0.4 is 5.32 Å². The summed E-state index contributed by atoms with van der Waals surface area (Å²) >= 11 is 12.1. The molecule has 1 amide bonds. The fraction of sp³-hybridized carbons (Fsp3) is 0.0870. The van der Waals surface area contributed by atoms with Crippen molar-refractivity contribution < 1.29 is 4.79 Å². The summed E-state index contributed by atoms with van der Waals surface area (Å²) in [7, 11) is 0. The maximum Gasteiger partial charge on any atom is 0.295 e. The lowest BCUT2D eigenvalue weighted by molar-refractivity contribution is 0.101. The molecule has 7 heteroatoms. The van der Waals surface area contributed by atoms with Gasteiger partial charge in [0.05, 0.1) is 5.69 Å². The molecule has 0 unspecified atom stereocenters. The Balaban J connectivity index is 1.80. The first-order valence-electron chi connectivity index (χ1n) is 9.29. The van der Waals surface area contributed by atoms with Crippen molar-refractivity contribution in [2.24, 2.45) is 0 Å². The average molecular weight is 437 g/mol. The van der Waals surface area contributed by atoms with Gasteiger partial charge in [-0.15, -0.1) is 5.10 Å². The molecule has 0 aliphatic rings. The molecule has 1 N–H and O–H groups in total. The standard InChI is InChI=1S/C23H18Cl2N4O/c1-14-5-3-8-20(15(14)2)29-22(16-9-11-17(24)12-10-16)27-21(28-29)23(30)26-19-7-4-6-18(25)13-19/h3-13H,1-2H3,(H,26,30). The van der Waals surface area contributed by atoms with E-state index in [-0.39, 0.29) is 5.82 Å². The normalized spacial score (nSPS) is 10.8. The van der Waals surface area contributed by atoms with Crippen molar-refractivity contribution >= 4 is 34.8 Å². The van der Waals surface area contributed by atoms with E-state index >= 15 is 0 Å². The van der Waals surface area contributed by atoms with E-state index < -0.39 is 5.91 Å². The van der Waals surface area contributed by atoms with Gasteiger partial charge in [0.25, 0.3) is 5.91 Å². The summed E-state index contributed by atoms with van der Waals surface area (Å²) in [5, 5.41) is 8.47. The lowest BCUT2D eigenvalue weighted by atomic mass is 10.1. The Morgan fingerprint density at radius 2 is 1.67 bits per heavy atom. The third-order valence-electron chi connectivity index (χ3n) is 4.80. The minimum atomic E-state index is -0.420. The summed E-state index contributed by atoms with van der Waals surface area (Å²) in [4.78, 5) is 17.4. The van der Waals surface area contributed by atoms with Gasteiger partial charge >= 0.3 is 0 Å². The molecule has 1 heterocycles. The number of carbonyl (C=O) groups is 1. The maximum absolute atomic E-state index is 12.8. The van der Waals surface area contributed by atoms with Gasteiger partial charge in [0.15, 0.2) is 5.82 Å². The highest BCUT2D eigenvalue weighted by atomic mass is 35.5. The third-order valence-corrected chi connectivity index (χ3v) is 5.29. The molecule has 0 fully saturated rings. The highest BCUT2D eigenvalue weighted by Gasteiger charge is 2.20. The molecule has 0 saturated carbocycles. The number of carbonyl (C=O) groups excluding carboxylic acids is 1. The van der Waals surface area contributed by atoms with E-state index in [9.17, 15) is 4.79 Å². The molecule has 0 aliphatic heterocycles. The molecular weight excluding hydrogens is 419 g/mol. The van der Waals surface area contributed by atoms with Crippen LogP contribution in [0.2, 0.25) is 10.0 Å². The van der Waals surface area contributed by atoms with Crippen molar-refractivity contribution in [2.45, 2.75) is 13.8 Å². The van der Waals surface area contributed by atoms with Crippen LogP contribution in [0.25, 0.3) is 17.1 Å². The van der Waals surface area contributed by atoms with Gasteiger partial charge in [-0.05, 0) is 73.5 Å². The summed E-state index contributed by atoms with van der Waals surface area (Å²) < 4.78 is 1.69. The molecule has 0 aliphatic carbocycles. The first-order valence-corrected chi connectivity index (χ1v) is 10.0. The maximum atomic E-state index is 12.8. The van der Waals surface area contributed by atoms with Crippen LogP contribution in [-0.2, 0) is 0 Å². The molecular formula is C23H18Cl2N4O. The second-order valence-electron chi connectivity index (χ2n) is 6.86. The molecule has 0 spiro atoms. The highest BCUT2D eigenvalue weighted by molar-refractivity contribution is 6.31. The average Bonchev–Trinajstić information content (AvgIpc) is 3.16. The lowest BCUT2D eigenvalue weighted by Gasteiger charge is -2.11. The summed E-state index contributed by atoms with van der Waals surface area (Å²) in [6.45, 7) is 4.05. The Morgan fingerprint density at radius 3 is 2.40 bits per heavy atom. The van der Waals surface area contributed by atoms with Gasteiger partial charge in [0, 0.05) is 21.3 Å². The van der Waals surface area contributed by atoms with Crippen molar-refractivity contribution in [3.05, 3.63) is 93.7 Å². The van der Waals surface area contributed by atoms with E-state index in [2.05, 4.69) is 15.4 Å². The number of aromatic nitrogens is 3. The molecule has 3 aromatic carbocycles. The molecule has 5 nitrogen and oxygen atoms in total. The summed E-state index contributed by atoms with van der Waals surface area (Å²) in [6, 6.07) is 20.1. The second-order valence-corrected chi connectivity index (χ2v) is 7.73. The number of anilines is 1. The van der Waals surface area contributed by atoms with Gasteiger partial charge in [0.2, 0.25) is 5.82 Å². The largest absolute Gasteiger partial charge is 0.319 e. The minimum absolute atomic E-state index is 0.0563. The number of nitrogens with one attached hydrogen (secondary N) is 1. The Bertz CT molecular complexity index is 1230. The van der Waals surface area contributed by atoms with Crippen LogP contribution in [0.15, 0.2) is 66.7 Å². The van der Waals surface area contributed by atoms with Crippen molar-refractivity contribution in [3.8, 4) is 17.1 Å². The molecule has 1 aromatic heterocycles. The lowest BCUT2D eigenvalue weighted by Crippen LogP contribution is -2.14. The molecule has 0 atom stereocenters. The van der Waals surface area contributed by atoms with Crippen molar-refractivity contribution in [3.63, 3.8) is 0 Å². The van der Waals surface area contributed by atoms with E-state index in [0.29, 0.717) is 21.6 Å². The molecule has 30 heavy (non-hydrogen) atoms. The number of amides is 1. The Kier molecular flexibility index (Phi) is 5.57. The van der Waals surface area contributed by atoms with E-state index in [0.717, 1.165) is 22.4 Å². The Labute approximate surface area is 184 Å². The van der Waals surface area contributed by atoms with Crippen LogP contribution in [0.1, 0.15) is 21.7 Å². The Hall–Kier alpha value is -3.15. The quantitative estimate of drug-likeness (QED) is 0.419. The number of nitrogens with zero attached hydrogens (tertiary/aromatic N) is 3. The van der Waals surface area contributed by atoms with Crippen molar-refractivity contribution in [1.29, 1.82) is 0 Å². The zero-order valence-corrected chi connectivity index (χ0v) is 17.9. The number of halogens is 2. The van der Waals surface area contributed by atoms with Crippen LogP contribution in [0, 0.1) is 13.8 Å². The van der Waals surface area contributed by atoms with E-state index in [4.69, 9.17) is 23.2 Å². The molecule has 0 bridgehead atoms. The van der Waals surface area contributed by atoms with E-state index in [1.165, 1.54) is 0 Å². The van der Waals surface area contributed by atoms with Crippen LogP contribution in [-0.4, -0.2) is 20.7 Å². The first-order chi connectivity index (χ1) is 14.4. The van der Waals surface area contributed by atoms with Gasteiger partial charge in [-0.1, -0.05) is 41.4 Å². The van der Waals surface area contributed by atoms with Crippen molar-refractivity contribution in [2.75, 3.05) is 5.32 Å². The smallest absolute Gasteiger partial charge is 0.295 e. The fourth-order valence-corrected chi connectivity index (χ4v) is 3.40. The van der Waals surface area contributed by atoms with E-state index in [1.54, 1.807) is 41.1 Å². The highest BCUT2D eigenvalue weighted by Crippen LogP contribution is 2.26. The minimum Gasteiger partial charge on any atom is -0.319 e. The fourth-order valence-electron chi connectivity index (χ4n) is 3.08. The second kappa shape index (κ2) is 8.30. The number of aryl methyl sites for hydroxylation is 1. The molecule has 4 aromatic rings. The Morgan fingerprint density at radius 1 is 0.933 bits per heavy atom. The monoisotopic (exact) mass is 436 g/mol. The summed E-state index contributed by atoms with van der Waals surface area (Å²) in [5.41, 5.74) is 4.40. The zero-order valence-electron chi connectivity index (χ0n) is 16.4. The topological polar surface area (TPSA) is 59.8 Å². The van der Waals surface area contributed by atoms with Crippen LogP contribution in [0.3, 0.4) is 0 Å². The number of hydrogen-bond donors (Lipinski definition) is 1.